The molecule has 3 rings (SSSR count). The van der Waals surface area contributed by atoms with Crippen molar-refractivity contribution in [3.8, 4) is 6.07 Å². The van der Waals surface area contributed by atoms with E-state index < -0.39 is 32.7 Å². The number of Topliss-reactive ketones (excluding diaryl/α,β-unsaturated/α-hetero) is 1. The van der Waals surface area contributed by atoms with Crippen molar-refractivity contribution in [2.45, 2.75) is 29.9 Å². The van der Waals surface area contributed by atoms with Crippen LogP contribution in [0, 0.1) is 30.1 Å². The molecule has 1 aliphatic heterocycles. The fourth-order valence-corrected chi connectivity index (χ4v) is 6.29. The number of aryl methyl sites for hydroxylation is 1. The maximum atomic E-state index is 13.2. The van der Waals surface area contributed by atoms with Gasteiger partial charge in [0.15, 0.2) is 9.84 Å². The van der Waals surface area contributed by atoms with E-state index in [1.54, 1.807) is 24.0 Å². The smallest absolute Gasteiger partial charge is 0.235 e. The zero-order valence-corrected chi connectivity index (χ0v) is 17.0. The highest BCUT2D eigenvalue weighted by molar-refractivity contribution is 7.92. The predicted molar refractivity (Wildman–Crippen MR) is 101 cm³/mol. The number of ether oxygens (including phenoxy) is 1. The minimum atomic E-state index is -3.77. The second-order valence-electron chi connectivity index (χ2n) is 7.17. The molecule has 9 heteroatoms. The van der Waals surface area contributed by atoms with Gasteiger partial charge in [-0.15, -0.1) is 0 Å². The van der Waals surface area contributed by atoms with Gasteiger partial charge in [0.2, 0.25) is 11.7 Å². The third-order valence-corrected chi connectivity index (χ3v) is 8.06. The Morgan fingerprint density at radius 2 is 1.86 bits per heavy atom. The lowest BCUT2D eigenvalue weighted by Gasteiger charge is -2.30. The van der Waals surface area contributed by atoms with Gasteiger partial charge in [-0.3, -0.25) is 9.59 Å². The van der Waals surface area contributed by atoms with Crippen molar-refractivity contribution < 1.29 is 22.7 Å². The molecule has 150 valence electrons. The fraction of sp³-hybridized carbons (Fsp3) is 0.526. The molecule has 1 saturated carbocycles. The van der Waals surface area contributed by atoms with E-state index in [0.29, 0.717) is 36.9 Å². The van der Waals surface area contributed by atoms with E-state index in [2.05, 4.69) is 0 Å². The number of nitrogens with zero attached hydrogens (tertiary/aromatic N) is 2. The van der Waals surface area contributed by atoms with Gasteiger partial charge >= 0.3 is 0 Å². The number of hydrogen-bond donors (Lipinski definition) is 0. The molecule has 2 aliphatic rings. The number of rotatable bonds is 4. The number of hydrogen-bond acceptors (Lipinski definition) is 6. The number of morpholine rings is 1. The third-order valence-electron chi connectivity index (χ3n) is 5.49. The number of carbonyl (C=O) groups excluding carboxylic acids is 2. The van der Waals surface area contributed by atoms with Gasteiger partial charge in [0.1, 0.15) is 6.07 Å². The number of halogens is 1. The van der Waals surface area contributed by atoms with Crippen LogP contribution in [0.5, 0.6) is 0 Å². The highest BCUT2D eigenvalue weighted by atomic mass is 35.5. The van der Waals surface area contributed by atoms with Crippen LogP contribution >= 0.6 is 11.6 Å². The first-order valence-corrected chi connectivity index (χ1v) is 11.0. The van der Waals surface area contributed by atoms with E-state index in [0.717, 1.165) is 0 Å². The van der Waals surface area contributed by atoms with E-state index in [-0.39, 0.29) is 23.6 Å². The van der Waals surface area contributed by atoms with Crippen LogP contribution in [0.3, 0.4) is 0 Å². The predicted octanol–water partition coefficient (Wildman–Crippen LogP) is 1.77. The van der Waals surface area contributed by atoms with Crippen molar-refractivity contribution in [1.82, 2.24) is 4.90 Å². The number of ketones is 1. The van der Waals surface area contributed by atoms with Crippen molar-refractivity contribution in [2.24, 2.45) is 11.8 Å². The number of carbonyl (C=O) groups is 2. The minimum absolute atomic E-state index is 0.0265. The van der Waals surface area contributed by atoms with Gasteiger partial charge in [-0.1, -0.05) is 11.6 Å². The molecule has 7 nitrogen and oxygen atoms in total. The summed E-state index contributed by atoms with van der Waals surface area (Å²) in [5.41, 5.74) is 0.513. The van der Waals surface area contributed by atoms with E-state index >= 15 is 0 Å². The Labute approximate surface area is 169 Å². The molecule has 0 aromatic heterocycles. The molecule has 1 amide bonds. The van der Waals surface area contributed by atoms with E-state index in [1.165, 1.54) is 12.1 Å². The number of benzene rings is 1. The summed E-state index contributed by atoms with van der Waals surface area (Å²) in [6, 6.07) is 6.10. The Hall–Kier alpha value is -1.95. The van der Waals surface area contributed by atoms with Crippen molar-refractivity contribution >= 4 is 33.1 Å². The first-order chi connectivity index (χ1) is 13.3. The van der Waals surface area contributed by atoms with Crippen LogP contribution in [0.2, 0.25) is 5.02 Å². The summed E-state index contributed by atoms with van der Waals surface area (Å²) < 4.78 is 31.6. The lowest BCUT2D eigenvalue weighted by atomic mass is 9.91. The van der Waals surface area contributed by atoms with Gasteiger partial charge in [0.25, 0.3) is 0 Å². The van der Waals surface area contributed by atoms with Gasteiger partial charge in [0.05, 0.1) is 29.3 Å². The molecule has 28 heavy (non-hydrogen) atoms. The van der Waals surface area contributed by atoms with Gasteiger partial charge in [-0.05, 0) is 43.5 Å². The largest absolute Gasteiger partial charge is 0.378 e. The molecule has 1 aromatic carbocycles. The Bertz CT molecular complexity index is 934. The summed E-state index contributed by atoms with van der Waals surface area (Å²) in [5.74, 6) is -2.73. The topological polar surface area (TPSA) is 105 Å². The second-order valence-corrected chi connectivity index (χ2v) is 9.81. The molecule has 0 unspecified atom stereocenters. The molecule has 1 aromatic rings. The standard InChI is InChI=1S/C19H21ClN2O5S/c1-12-8-13(20)2-3-18(12)28(25,26)14-9-15(17(23)11-21)16(10-14)19(24)22-4-6-27-7-5-22/h2-3,8,14-16H,4-7,9-10H2,1H3/t14-,15-,16-/m1/s1. The maximum Gasteiger partial charge on any atom is 0.235 e. The quantitative estimate of drug-likeness (QED) is 0.682. The Balaban J connectivity index is 1.90. The molecular formula is C19H21ClN2O5S. The molecule has 1 heterocycles. The Kier molecular flexibility index (Phi) is 6.08. The molecular weight excluding hydrogens is 404 g/mol. The van der Waals surface area contributed by atoms with E-state index in [4.69, 9.17) is 21.6 Å². The number of amides is 1. The van der Waals surface area contributed by atoms with Crippen LogP contribution < -0.4 is 0 Å². The van der Waals surface area contributed by atoms with Crippen molar-refractivity contribution in [1.29, 1.82) is 5.26 Å². The average molecular weight is 425 g/mol. The molecule has 0 spiro atoms. The van der Waals surface area contributed by atoms with Crippen LogP contribution in [0.4, 0.5) is 0 Å². The van der Waals surface area contributed by atoms with Gasteiger partial charge in [-0.2, -0.15) is 5.26 Å². The van der Waals surface area contributed by atoms with E-state index in [1.807, 2.05) is 0 Å². The zero-order valence-electron chi connectivity index (χ0n) is 15.4. The Morgan fingerprint density at radius 1 is 1.21 bits per heavy atom. The molecule has 3 atom stereocenters. The zero-order chi connectivity index (χ0) is 20.5. The van der Waals surface area contributed by atoms with Gasteiger partial charge in [-0.25, -0.2) is 8.42 Å². The molecule has 0 bridgehead atoms. The summed E-state index contributed by atoms with van der Waals surface area (Å²) in [5, 5.41) is 8.61. The number of sulfone groups is 1. The normalized spacial score (nSPS) is 25.3. The van der Waals surface area contributed by atoms with Gasteiger partial charge in [0, 0.05) is 24.0 Å². The van der Waals surface area contributed by atoms with Crippen molar-refractivity contribution in [2.75, 3.05) is 26.3 Å². The molecule has 1 aliphatic carbocycles. The highest BCUT2D eigenvalue weighted by Gasteiger charge is 2.48. The summed E-state index contributed by atoms with van der Waals surface area (Å²) in [6.07, 6.45) is -0.00375. The molecule has 0 N–H and O–H groups in total. The van der Waals surface area contributed by atoms with Crippen molar-refractivity contribution in [3.63, 3.8) is 0 Å². The summed E-state index contributed by atoms with van der Waals surface area (Å²) in [6.45, 7) is 3.26. The lowest BCUT2D eigenvalue weighted by Crippen LogP contribution is -2.45. The van der Waals surface area contributed by atoms with Crippen LogP contribution in [0.25, 0.3) is 0 Å². The average Bonchev–Trinajstić information content (AvgIpc) is 3.13. The Morgan fingerprint density at radius 3 is 2.46 bits per heavy atom. The number of nitriles is 1. The summed E-state index contributed by atoms with van der Waals surface area (Å²) in [7, 11) is -3.77. The first-order valence-electron chi connectivity index (χ1n) is 9.06. The van der Waals surface area contributed by atoms with Crippen LogP contribution in [-0.4, -0.2) is 56.6 Å². The monoisotopic (exact) mass is 424 g/mol. The van der Waals surface area contributed by atoms with Crippen LogP contribution in [0.1, 0.15) is 18.4 Å². The molecule has 2 fully saturated rings. The summed E-state index contributed by atoms with van der Waals surface area (Å²) in [4.78, 5) is 26.8. The van der Waals surface area contributed by atoms with Crippen LogP contribution in [0.15, 0.2) is 23.1 Å². The molecule has 1 saturated heterocycles. The summed E-state index contributed by atoms with van der Waals surface area (Å²) >= 11 is 5.93. The fourth-order valence-electron chi connectivity index (χ4n) is 4.02. The molecule has 0 radical (unpaired) electrons. The lowest BCUT2D eigenvalue weighted by molar-refractivity contribution is -0.142. The maximum absolute atomic E-state index is 13.2. The third kappa shape index (κ3) is 3.93. The minimum Gasteiger partial charge on any atom is -0.378 e. The van der Waals surface area contributed by atoms with Crippen LogP contribution in [-0.2, 0) is 24.2 Å². The SMILES string of the molecule is Cc1cc(Cl)ccc1S(=O)(=O)[C@@H]1C[C@@H](C(=O)C#N)[C@H](C(=O)N2CCOCC2)C1. The first kappa shape index (κ1) is 20.8. The highest BCUT2D eigenvalue weighted by Crippen LogP contribution is 2.40. The van der Waals surface area contributed by atoms with Gasteiger partial charge < -0.3 is 9.64 Å². The van der Waals surface area contributed by atoms with Crippen molar-refractivity contribution in [3.05, 3.63) is 28.8 Å². The second kappa shape index (κ2) is 8.19. The van der Waals surface area contributed by atoms with E-state index in [9.17, 15) is 18.0 Å².